The molecule has 8 nitrogen and oxygen atoms in total. The second-order valence-electron chi connectivity index (χ2n) is 7.86. The van der Waals surface area contributed by atoms with Crippen LogP contribution in [-0.4, -0.2) is 63.4 Å². The fourth-order valence-electron chi connectivity index (χ4n) is 3.37. The quantitative estimate of drug-likeness (QED) is 0.572. The average Bonchev–Trinajstić information content (AvgIpc) is 3.31. The number of hydrogen-bond acceptors (Lipinski definition) is 6. The van der Waals surface area contributed by atoms with Crippen LogP contribution in [0.2, 0.25) is 0 Å². The molecule has 1 aromatic heterocycles. The van der Waals surface area contributed by atoms with Gasteiger partial charge in [-0.1, -0.05) is 26.0 Å². The van der Waals surface area contributed by atoms with E-state index in [9.17, 15) is 18.0 Å². The van der Waals surface area contributed by atoms with Crippen molar-refractivity contribution in [1.29, 1.82) is 0 Å². The highest BCUT2D eigenvalue weighted by Gasteiger charge is 2.28. The topological polar surface area (TPSA) is 105 Å². The zero-order valence-corrected chi connectivity index (χ0v) is 19.9. The molecule has 1 aliphatic rings. The maximum atomic E-state index is 12.9. The molecule has 32 heavy (non-hydrogen) atoms. The molecule has 1 fully saturated rings. The summed E-state index contributed by atoms with van der Waals surface area (Å²) in [5.41, 5.74) is 0.191. The van der Waals surface area contributed by atoms with Gasteiger partial charge in [0.1, 0.15) is 6.04 Å². The van der Waals surface area contributed by atoms with Gasteiger partial charge in [0.2, 0.25) is 15.9 Å². The predicted octanol–water partition coefficient (Wildman–Crippen LogP) is 1.88. The van der Waals surface area contributed by atoms with Crippen LogP contribution in [-0.2, 0) is 26.0 Å². The first-order valence-electron chi connectivity index (χ1n) is 10.6. The van der Waals surface area contributed by atoms with Crippen molar-refractivity contribution in [2.45, 2.75) is 31.2 Å². The summed E-state index contributed by atoms with van der Waals surface area (Å²) in [7, 11) is -3.72. The number of nitrogens with one attached hydrogen (secondary N) is 2. The maximum Gasteiger partial charge on any atom is 0.251 e. The van der Waals surface area contributed by atoms with Crippen molar-refractivity contribution >= 4 is 33.2 Å². The molecule has 0 saturated carbocycles. The minimum Gasteiger partial charge on any atom is -0.379 e. The Kier molecular flexibility index (Phi) is 8.41. The van der Waals surface area contributed by atoms with E-state index in [0.29, 0.717) is 19.8 Å². The fraction of sp³-hybridized carbons (Fsp3) is 0.455. The first-order valence-corrected chi connectivity index (χ1v) is 12.9. The number of carbonyl (C=O) groups is 2. The standard InChI is InChI=1S/C22H29N3O5S2/c1-16(2)20(22(27)23-9-8-18-6-4-14-31-18)24-21(26)17-5-3-7-19(15-17)32(28,29)25-10-12-30-13-11-25/h3-7,14-16,20H,8-13H2,1-2H3,(H,23,27)(H,24,26)/t20-/m0/s1. The monoisotopic (exact) mass is 479 g/mol. The van der Waals surface area contributed by atoms with Crippen LogP contribution in [0.3, 0.4) is 0 Å². The highest BCUT2D eigenvalue weighted by atomic mass is 32.2. The van der Waals surface area contributed by atoms with Crippen LogP contribution in [0.15, 0.2) is 46.7 Å². The molecule has 0 unspecified atom stereocenters. The number of amides is 2. The van der Waals surface area contributed by atoms with E-state index in [4.69, 9.17) is 4.74 Å². The van der Waals surface area contributed by atoms with Gasteiger partial charge in [-0.05, 0) is 42.0 Å². The average molecular weight is 480 g/mol. The highest BCUT2D eigenvalue weighted by Crippen LogP contribution is 2.19. The highest BCUT2D eigenvalue weighted by molar-refractivity contribution is 7.89. The summed E-state index contributed by atoms with van der Waals surface area (Å²) < 4.78 is 32.4. The van der Waals surface area contributed by atoms with Crippen molar-refractivity contribution in [1.82, 2.24) is 14.9 Å². The van der Waals surface area contributed by atoms with Gasteiger partial charge < -0.3 is 15.4 Å². The van der Waals surface area contributed by atoms with E-state index < -0.39 is 22.0 Å². The third-order valence-corrected chi connectivity index (χ3v) is 8.02. The molecule has 1 aliphatic heterocycles. The molecule has 1 aromatic carbocycles. The van der Waals surface area contributed by atoms with Crippen LogP contribution in [0.4, 0.5) is 0 Å². The number of morpholine rings is 1. The van der Waals surface area contributed by atoms with E-state index in [1.54, 1.807) is 17.4 Å². The second kappa shape index (κ2) is 11.0. The van der Waals surface area contributed by atoms with Crippen molar-refractivity contribution in [3.05, 3.63) is 52.2 Å². The Bertz CT molecular complexity index is 1020. The fourth-order valence-corrected chi connectivity index (χ4v) is 5.53. The maximum absolute atomic E-state index is 12.9. The Morgan fingerprint density at radius 3 is 2.56 bits per heavy atom. The Labute approximate surface area is 193 Å². The van der Waals surface area contributed by atoms with Crippen molar-refractivity contribution in [2.75, 3.05) is 32.8 Å². The van der Waals surface area contributed by atoms with Gasteiger partial charge in [-0.15, -0.1) is 11.3 Å². The normalized spacial score (nSPS) is 16.0. The van der Waals surface area contributed by atoms with Gasteiger partial charge in [-0.25, -0.2) is 8.42 Å². The Hall–Kier alpha value is -2.27. The third-order valence-electron chi connectivity index (χ3n) is 5.19. The number of rotatable bonds is 9. The van der Waals surface area contributed by atoms with Gasteiger partial charge >= 0.3 is 0 Å². The first kappa shape index (κ1) is 24.4. The van der Waals surface area contributed by atoms with Crippen LogP contribution < -0.4 is 10.6 Å². The number of hydrogen-bond donors (Lipinski definition) is 2. The number of sulfonamides is 1. The van der Waals surface area contributed by atoms with Gasteiger partial charge in [0.25, 0.3) is 5.91 Å². The van der Waals surface area contributed by atoms with Crippen molar-refractivity contribution < 1.29 is 22.7 Å². The lowest BCUT2D eigenvalue weighted by Gasteiger charge is -2.26. The molecule has 2 heterocycles. The first-order chi connectivity index (χ1) is 15.3. The second-order valence-corrected chi connectivity index (χ2v) is 10.8. The van der Waals surface area contributed by atoms with Crippen molar-refractivity contribution in [3.8, 4) is 0 Å². The summed E-state index contributed by atoms with van der Waals surface area (Å²) in [6.45, 7) is 5.42. The summed E-state index contributed by atoms with van der Waals surface area (Å²) in [5, 5.41) is 7.62. The third kappa shape index (κ3) is 6.16. The van der Waals surface area contributed by atoms with E-state index in [-0.39, 0.29) is 35.4 Å². The molecule has 2 aromatic rings. The number of carbonyl (C=O) groups excluding carboxylic acids is 2. The lowest BCUT2D eigenvalue weighted by atomic mass is 10.0. The van der Waals surface area contributed by atoms with E-state index in [0.717, 1.165) is 6.42 Å². The van der Waals surface area contributed by atoms with Crippen LogP contribution in [0.1, 0.15) is 29.1 Å². The summed E-state index contributed by atoms with van der Waals surface area (Å²) >= 11 is 1.63. The van der Waals surface area contributed by atoms with E-state index in [1.807, 2.05) is 31.4 Å². The summed E-state index contributed by atoms with van der Waals surface area (Å²) in [6.07, 6.45) is 0.726. The van der Waals surface area contributed by atoms with Gasteiger partial charge in [0.05, 0.1) is 18.1 Å². The molecule has 1 saturated heterocycles. The molecule has 2 amide bonds. The molecule has 2 N–H and O–H groups in total. The molecule has 174 valence electrons. The van der Waals surface area contributed by atoms with Gasteiger partial charge in [0, 0.05) is 30.1 Å². The Balaban J connectivity index is 1.66. The minimum atomic E-state index is -3.72. The predicted molar refractivity (Wildman–Crippen MR) is 123 cm³/mol. The summed E-state index contributed by atoms with van der Waals surface area (Å²) in [6, 6.07) is 9.15. The molecule has 0 aliphatic carbocycles. The summed E-state index contributed by atoms with van der Waals surface area (Å²) in [5.74, 6) is -0.890. The molecular weight excluding hydrogens is 450 g/mol. The zero-order chi connectivity index (χ0) is 23.1. The zero-order valence-electron chi connectivity index (χ0n) is 18.2. The van der Waals surface area contributed by atoms with Crippen molar-refractivity contribution in [2.24, 2.45) is 5.92 Å². The molecule has 1 atom stereocenters. The smallest absolute Gasteiger partial charge is 0.251 e. The lowest BCUT2D eigenvalue weighted by molar-refractivity contribution is -0.123. The van der Waals surface area contributed by atoms with E-state index in [1.165, 1.54) is 27.4 Å². The number of benzene rings is 1. The largest absolute Gasteiger partial charge is 0.379 e. The van der Waals surface area contributed by atoms with Gasteiger partial charge in [-0.3, -0.25) is 9.59 Å². The molecule has 0 radical (unpaired) electrons. The number of thiophene rings is 1. The molecule has 0 bridgehead atoms. The molecule has 0 spiro atoms. The van der Waals surface area contributed by atoms with E-state index in [2.05, 4.69) is 10.6 Å². The van der Waals surface area contributed by atoms with Gasteiger partial charge in [-0.2, -0.15) is 4.31 Å². The Morgan fingerprint density at radius 2 is 1.91 bits per heavy atom. The molecule has 3 rings (SSSR count). The van der Waals surface area contributed by atoms with Crippen LogP contribution in [0.5, 0.6) is 0 Å². The molecular formula is C22H29N3O5S2. The minimum absolute atomic E-state index is 0.0496. The van der Waals surface area contributed by atoms with Crippen LogP contribution >= 0.6 is 11.3 Å². The number of ether oxygens (including phenoxy) is 1. The lowest BCUT2D eigenvalue weighted by Crippen LogP contribution is -2.50. The van der Waals surface area contributed by atoms with Crippen LogP contribution in [0.25, 0.3) is 0 Å². The summed E-state index contributed by atoms with van der Waals surface area (Å²) in [4.78, 5) is 26.8. The van der Waals surface area contributed by atoms with Crippen molar-refractivity contribution in [3.63, 3.8) is 0 Å². The molecule has 10 heteroatoms. The SMILES string of the molecule is CC(C)[C@H](NC(=O)c1cccc(S(=O)(=O)N2CCOCC2)c1)C(=O)NCCc1cccs1. The number of nitrogens with zero attached hydrogens (tertiary/aromatic N) is 1. The van der Waals surface area contributed by atoms with E-state index >= 15 is 0 Å². The van der Waals surface area contributed by atoms with Gasteiger partial charge in [0.15, 0.2) is 0 Å². The van der Waals surface area contributed by atoms with Crippen LogP contribution in [0, 0.1) is 5.92 Å². The Morgan fingerprint density at radius 1 is 1.16 bits per heavy atom.